The van der Waals surface area contributed by atoms with Gasteiger partial charge in [-0.25, -0.2) is 8.42 Å². The summed E-state index contributed by atoms with van der Waals surface area (Å²) >= 11 is 0. The summed E-state index contributed by atoms with van der Waals surface area (Å²) in [6.45, 7) is 0.621. The zero-order valence-corrected chi connectivity index (χ0v) is 14.4. The molecular formula is C16H18N4O4S. The van der Waals surface area contributed by atoms with Gasteiger partial charge in [-0.3, -0.25) is 14.3 Å². The van der Waals surface area contributed by atoms with Crippen LogP contribution in [-0.2, 0) is 21.9 Å². The molecule has 2 heterocycles. The molecule has 0 saturated carbocycles. The highest BCUT2D eigenvalue weighted by Gasteiger charge is 2.23. The number of nitrogens with zero attached hydrogens (tertiary/aromatic N) is 2. The van der Waals surface area contributed by atoms with Gasteiger partial charge in [0.2, 0.25) is 5.91 Å². The molecule has 1 aliphatic rings. The topological polar surface area (TPSA) is 114 Å². The van der Waals surface area contributed by atoms with Crippen molar-refractivity contribution in [2.45, 2.75) is 17.7 Å². The largest absolute Gasteiger partial charge is 0.364 e. The Morgan fingerprint density at radius 2 is 2.04 bits per heavy atom. The zero-order chi connectivity index (χ0) is 18.2. The maximum atomic E-state index is 12.5. The molecule has 3 N–H and O–H groups in total. The fourth-order valence-corrected chi connectivity index (χ4v) is 3.92. The summed E-state index contributed by atoms with van der Waals surface area (Å²) in [7, 11) is -2.34. The van der Waals surface area contributed by atoms with Gasteiger partial charge in [-0.15, -0.1) is 0 Å². The highest BCUT2D eigenvalue weighted by Crippen LogP contribution is 2.26. The number of sulfonamides is 1. The monoisotopic (exact) mass is 362 g/mol. The number of hydrogen-bond acceptors (Lipinski definition) is 4. The van der Waals surface area contributed by atoms with Crippen LogP contribution in [0.5, 0.6) is 0 Å². The van der Waals surface area contributed by atoms with Crippen LogP contribution in [0.2, 0.25) is 0 Å². The summed E-state index contributed by atoms with van der Waals surface area (Å²) < 4.78 is 28.9. The Balaban J connectivity index is 1.87. The minimum absolute atomic E-state index is 0.0224. The second-order valence-corrected chi connectivity index (χ2v) is 7.52. The predicted molar refractivity (Wildman–Crippen MR) is 92.8 cm³/mol. The molecule has 1 aliphatic heterocycles. The Kier molecular flexibility index (Phi) is 4.25. The van der Waals surface area contributed by atoms with E-state index in [9.17, 15) is 18.0 Å². The molecule has 1 fully saturated rings. The van der Waals surface area contributed by atoms with Crippen molar-refractivity contribution in [3.05, 3.63) is 42.2 Å². The first-order valence-corrected chi connectivity index (χ1v) is 9.16. The van der Waals surface area contributed by atoms with Crippen LogP contribution in [0, 0.1) is 0 Å². The van der Waals surface area contributed by atoms with Crippen molar-refractivity contribution in [1.29, 1.82) is 0 Å². The van der Waals surface area contributed by atoms with Crippen molar-refractivity contribution in [3.63, 3.8) is 0 Å². The number of aryl methyl sites for hydroxylation is 1. The number of amides is 2. The molecule has 25 heavy (non-hydrogen) atoms. The molecule has 0 bridgehead atoms. The average Bonchev–Trinajstić information content (AvgIpc) is 3.13. The van der Waals surface area contributed by atoms with Crippen LogP contribution < -0.4 is 15.4 Å². The van der Waals surface area contributed by atoms with Crippen LogP contribution in [-0.4, -0.2) is 31.3 Å². The van der Waals surface area contributed by atoms with Crippen LogP contribution in [0.25, 0.3) is 0 Å². The van der Waals surface area contributed by atoms with Gasteiger partial charge >= 0.3 is 0 Å². The Hall–Kier alpha value is -2.81. The van der Waals surface area contributed by atoms with E-state index in [1.807, 2.05) is 0 Å². The summed E-state index contributed by atoms with van der Waals surface area (Å²) in [5.74, 6) is -0.687. The number of rotatable bonds is 5. The van der Waals surface area contributed by atoms with Gasteiger partial charge in [-0.1, -0.05) is 6.07 Å². The van der Waals surface area contributed by atoms with E-state index < -0.39 is 15.9 Å². The second kappa shape index (κ2) is 6.25. The molecule has 8 nitrogen and oxygen atoms in total. The maximum Gasteiger partial charge on any atom is 0.265 e. The van der Waals surface area contributed by atoms with E-state index in [-0.39, 0.29) is 16.5 Å². The van der Waals surface area contributed by atoms with E-state index in [0.717, 1.165) is 6.42 Å². The van der Waals surface area contributed by atoms with E-state index in [0.29, 0.717) is 24.3 Å². The maximum absolute atomic E-state index is 12.5. The standard InChI is InChI=1S/C16H18N4O4S/c1-19-10-13(9-14(19)16(17)22)25(23,24)18-11-4-2-5-12(8-11)20-7-3-6-15(20)21/h2,4-5,8-10,18H,3,6-7H2,1H3,(H2,17,22). The van der Waals surface area contributed by atoms with Gasteiger partial charge in [0.05, 0.1) is 5.69 Å². The molecule has 0 aliphatic carbocycles. The van der Waals surface area contributed by atoms with Gasteiger partial charge in [0.1, 0.15) is 10.6 Å². The van der Waals surface area contributed by atoms with E-state index in [1.54, 1.807) is 36.2 Å². The third-order valence-corrected chi connectivity index (χ3v) is 5.37. The van der Waals surface area contributed by atoms with Gasteiger partial charge in [0.15, 0.2) is 0 Å². The lowest BCUT2D eigenvalue weighted by atomic mass is 10.2. The molecule has 132 valence electrons. The Labute approximate surface area is 145 Å². The molecule has 9 heteroatoms. The third-order valence-electron chi connectivity index (χ3n) is 4.03. The van der Waals surface area contributed by atoms with Crippen molar-refractivity contribution in [2.75, 3.05) is 16.2 Å². The zero-order valence-electron chi connectivity index (χ0n) is 13.6. The molecule has 2 aromatic rings. The lowest BCUT2D eigenvalue weighted by molar-refractivity contribution is -0.117. The summed E-state index contributed by atoms with van der Waals surface area (Å²) in [5.41, 5.74) is 6.29. The second-order valence-electron chi connectivity index (χ2n) is 5.84. The lowest BCUT2D eigenvalue weighted by Crippen LogP contribution is -2.23. The predicted octanol–water partition coefficient (Wildman–Crippen LogP) is 1.05. The smallest absolute Gasteiger partial charge is 0.265 e. The number of primary amides is 1. The summed E-state index contributed by atoms with van der Waals surface area (Å²) in [4.78, 5) is 24.7. The number of nitrogens with two attached hydrogens (primary N) is 1. The first kappa shape index (κ1) is 17.0. The van der Waals surface area contributed by atoms with Gasteiger partial charge in [0, 0.05) is 31.9 Å². The van der Waals surface area contributed by atoms with Crippen molar-refractivity contribution >= 4 is 33.2 Å². The van der Waals surface area contributed by atoms with Gasteiger partial charge in [-0.2, -0.15) is 0 Å². The van der Waals surface area contributed by atoms with E-state index >= 15 is 0 Å². The molecule has 0 unspecified atom stereocenters. The minimum atomic E-state index is -3.88. The molecule has 0 spiro atoms. The number of aromatic nitrogens is 1. The minimum Gasteiger partial charge on any atom is -0.364 e. The van der Waals surface area contributed by atoms with Crippen LogP contribution in [0.15, 0.2) is 41.4 Å². The van der Waals surface area contributed by atoms with Crippen molar-refractivity contribution < 1.29 is 18.0 Å². The molecule has 3 rings (SSSR count). The fraction of sp³-hybridized carbons (Fsp3) is 0.250. The van der Waals surface area contributed by atoms with E-state index in [2.05, 4.69) is 4.72 Å². The Morgan fingerprint density at radius 1 is 1.28 bits per heavy atom. The number of benzene rings is 1. The number of carbonyl (C=O) groups is 2. The van der Waals surface area contributed by atoms with Crippen molar-refractivity contribution in [3.8, 4) is 0 Å². The Bertz CT molecular complexity index is 949. The number of carbonyl (C=O) groups excluding carboxylic acids is 2. The quantitative estimate of drug-likeness (QED) is 0.827. The summed E-state index contributed by atoms with van der Waals surface area (Å²) in [6, 6.07) is 7.87. The van der Waals surface area contributed by atoms with E-state index in [1.165, 1.54) is 16.8 Å². The fourth-order valence-electron chi connectivity index (χ4n) is 2.80. The molecule has 2 amide bonds. The SMILES string of the molecule is Cn1cc(S(=O)(=O)Nc2cccc(N3CCCC3=O)c2)cc1C(N)=O. The average molecular weight is 362 g/mol. The number of nitrogens with one attached hydrogen (secondary N) is 1. The van der Waals surface area contributed by atoms with Crippen LogP contribution in [0.4, 0.5) is 11.4 Å². The molecule has 1 aromatic carbocycles. The molecule has 0 radical (unpaired) electrons. The first-order valence-electron chi connectivity index (χ1n) is 7.67. The normalized spacial score (nSPS) is 14.8. The summed E-state index contributed by atoms with van der Waals surface area (Å²) in [5, 5.41) is 0. The summed E-state index contributed by atoms with van der Waals surface area (Å²) in [6.07, 6.45) is 2.60. The molecular weight excluding hydrogens is 344 g/mol. The lowest BCUT2D eigenvalue weighted by Gasteiger charge is -2.17. The first-order chi connectivity index (χ1) is 11.8. The van der Waals surface area contributed by atoms with Crippen LogP contribution in [0.3, 0.4) is 0 Å². The van der Waals surface area contributed by atoms with Crippen molar-refractivity contribution in [1.82, 2.24) is 4.57 Å². The number of anilines is 2. The molecule has 0 atom stereocenters. The van der Waals surface area contributed by atoms with Crippen molar-refractivity contribution in [2.24, 2.45) is 12.8 Å². The van der Waals surface area contributed by atoms with E-state index in [4.69, 9.17) is 5.73 Å². The van der Waals surface area contributed by atoms with Gasteiger partial charge in [-0.05, 0) is 30.7 Å². The number of hydrogen-bond donors (Lipinski definition) is 2. The highest BCUT2D eigenvalue weighted by atomic mass is 32.2. The highest BCUT2D eigenvalue weighted by molar-refractivity contribution is 7.92. The van der Waals surface area contributed by atoms with Gasteiger partial charge < -0.3 is 15.2 Å². The Morgan fingerprint density at radius 3 is 2.64 bits per heavy atom. The third kappa shape index (κ3) is 3.36. The van der Waals surface area contributed by atoms with Crippen LogP contribution in [0.1, 0.15) is 23.3 Å². The van der Waals surface area contributed by atoms with Gasteiger partial charge in [0.25, 0.3) is 15.9 Å². The molecule has 1 saturated heterocycles. The molecule has 1 aromatic heterocycles. The van der Waals surface area contributed by atoms with Crippen LogP contribution >= 0.6 is 0 Å².